The molecule has 1 spiro atoms. The maximum Gasteiger partial charge on any atom is 0.0895 e. The van der Waals surface area contributed by atoms with Crippen LogP contribution in [0.2, 0.25) is 0 Å². The molecule has 2 aliphatic heterocycles. The highest BCUT2D eigenvalue weighted by molar-refractivity contribution is 4.90. The van der Waals surface area contributed by atoms with Gasteiger partial charge < -0.3 is 9.38 Å². The zero-order valence-corrected chi connectivity index (χ0v) is 13.3. The van der Waals surface area contributed by atoms with Crippen molar-refractivity contribution in [1.29, 1.82) is 0 Å². The maximum atomic E-state index is 2.59. The van der Waals surface area contributed by atoms with Crippen LogP contribution in [0.15, 0.2) is 0 Å². The fraction of sp³-hybridized carbons (Fsp3) is 1.00. The first-order chi connectivity index (χ1) is 8.05. The van der Waals surface area contributed by atoms with Crippen molar-refractivity contribution in [2.24, 2.45) is 5.41 Å². The lowest BCUT2D eigenvalue weighted by atomic mass is 9.71. The number of nitrogens with zero attached hydrogens (tertiary/aromatic N) is 2. The minimum Gasteiger partial charge on any atom is -0.327 e. The Morgan fingerprint density at radius 1 is 0.941 bits per heavy atom. The van der Waals surface area contributed by atoms with Crippen molar-refractivity contribution in [2.75, 3.05) is 46.8 Å². The molecule has 0 bridgehead atoms. The van der Waals surface area contributed by atoms with Gasteiger partial charge in [0.15, 0.2) is 0 Å². The molecule has 0 aromatic carbocycles. The smallest absolute Gasteiger partial charge is 0.0895 e. The molecule has 0 aliphatic carbocycles. The van der Waals surface area contributed by atoms with Gasteiger partial charge in [-0.2, -0.15) is 0 Å². The first-order valence-corrected chi connectivity index (χ1v) is 7.60. The second-order valence-electron chi connectivity index (χ2n) is 5.69. The summed E-state index contributed by atoms with van der Waals surface area (Å²) in [5, 5.41) is 0. The monoisotopic (exact) mass is 243 g/mol. The van der Waals surface area contributed by atoms with Crippen molar-refractivity contribution in [3.63, 3.8) is 0 Å². The Morgan fingerprint density at radius 2 is 1.35 bits per heavy atom. The molecule has 0 N–H and O–H groups in total. The molecule has 2 nitrogen and oxygen atoms in total. The molecule has 0 atom stereocenters. The van der Waals surface area contributed by atoms with E-state index < -0.39 is 0 Å². The molecule has 2 rings (SSSR count). The van der Waals surface area contributed by atoms with Crippen LogP contribution in [0.5, 0.6) is 0 Å². The van der Waals surface area contributed by atoms with Crippen LogP contribution < -0.4 is 0 Å². The van der Waals surface area contributed by atoms with Gasteiger partial charge in [-0.25, -0.2) is 0 Å². The largest absolute Gasteiger partial charge is 0.327 e. The maximum absolute atomic E-state index is 2.59. The summed E-state index contributed by atoms with van der Waals surface area (Å²) in [6.07, 6.45) is 2.89. The number of rotatable bonds is 1. The topological polar surface area (TPSA) is 3.24 Å². The molecule has 2 aliphatic rings. The molecule has 0 aromatic heterocycles. The van der Waals surface area contributed by atoms with Crippen LogP contribution >= 0.6 is 0 Å². The Balaban J connectivity index is 0.000000581. The Labute approximate surface area is 110 Å². The molecule has 2 saturated heterocycles. The van der Waals surface area contributed by atoms with E-state index in [1.807, 2.05) is 27.7 Å². The highest BCUT2D eigenvalue weighted by atomic mass is 15.4. The van der Waals surface area contributed by atoms with Crippen molar-refractivity contribution < 1.29 is 4.48 Å². The van der Waals surface area contributed by atoms with Gasteiger partial charge in [0.25, 0.3) is 0 Å². The SMILES string of the molecule is CC.CC.CCN1CCC2(CC1)C[N+](C)(C)C2. The van der Waals surface area contributed by atoms with Crippen LogP contribution in [0, 0.1) is 5.41 Å². The predicted molar refractivity (Wildman–Crippen MR) is 78.3 cm³/mol. The van der Waals surface area contributed by atoms with Crippen LogP contribution in [0.3, 0.4) is 0 Å². The number of likely N-dealkylation sites (tertiary alicyclic amines) is 2. The first kappa shape index (κ1) is 16.9. The average Bonchev–Trinajstić information content (AvgIpc) is 2.33. The van der Waals surface area contributed by atoms with Crippen LogP contribution in [-0.2, 0) is 0 Å². The Morgan fingerprint density at radius 3 is 1.65 bits per heavy atom. The van der Waals surface area contributed by atoms with E-state index in [0.29, 0.717) is 0 Å². The van der Waals surface area contributed by atoms with Crippen LogP contribution in [-0.4, -0.2) is 56.2 Å². The molecule has 17 heavy (non-hydrogen) atoms. The lowest BCUT2D eigenvalue weighted by Gasteiger charge is -2.56. The minimum atomic E-state index is 0.745. The molecule has 104 valence electrons. The van der Waals surface area contributed by atoms with Gasteiger partial charge in [-0.3, -0.25) is 0 Å². The summed E-state index contributed by atoms with van der Waals surface area (Å²) in [7, 11) is 4.72. The van der Waals surface area contributed by atoms with Gasteiger partial charge in [0.2, 0.25) is 0 Å². The fourth-order valence-corrected chi connectivity index (χ4v) is 3.43. The zero-order valence-electron chi connectivity index (χ0n) is 13.3. The van der Waals surface area contributed by atoms with Crippen molar-refractivity contribution >= 4 is 0 Å². The summed E-state index contributed by atoms with van der Waals surface area (Å²) < 4.78 is 1.26. The van der Waals surface area contributed by atoms with Crippen LogP contribution in [0.4, 0.5) is 0 Å². The number of quaternary nitrogens is 1. The van der Waals surface area contributed by atoms with Crippen molar-refractivity contribution in [1.82, 2.24) is 4.90 Å². The van der Waals surface area contributed by atoms with Gasteiger partial charge >= 0.3 is 0 Å². The standard InChI is InChI=1S/C11H23N2.2C2H6/c1-4-12-7-5-11(6-8-12)9-13(2,3)10-11;2*1-2/h4-10H2,1-3H3;2*1-2H3/q+1;;. The number of hydrogen-bond donors (Lipinski definition) is 0. The molecule has 2 heteroatoms. The van der Waals surface area contributed by atoms with E-state index in [9.17, 15) is 0 Å². The summed E-state index contributed by atoms with van der Waals surface area (Å²) in [6.45, 7) is 17.1. The summed E-state index contributed by atoms with van der Waals surface area (Å²) in [5.41, 5.74) is 0.745. The second-order valence-corrected chi connectivity index (χ2v) is 5.69. The first-order valence-electron chi connectivity index (χ1n) is 7.60. The van der Waals surface area contributed by atoms with Crippen LogP contribution in [0.1, 0.15) is 47.5 Å². The van der Waals surface area contributed by atoms with Crippen molar-refractivity contribution in [3.8, 4) is 0 Å². The average molecular weight is 243 g/mol. The van der Waals surface area contributed by atoms with E-state index in [2.05, 4.69) is 25.9 Å². The van der Waals surface area contributed by atoms with Gasteiger partial charge in [0.05, 0.1) is 32.6 Å². The van der Waals surface area contributed by atoms with Crippen LogP contribution in [0.25, 0.3) is 0 Å². The highest BCUT2D eigenvalue weighted by Gasteiger charge is 2.52. The molecule has 0 radical (unpaired) electrons. The van der Waals surface area contributed by atoms with Gasteiger partial charge in [0, 0.05) is 0 Å². The second kappa shape index (κ2) is 7.38. The number of hydrogen-bond acceptors (Lipinski definition) is 1. The van der Waals surface area contributed by atoms with Crippen molar-refractivity contribution in [2.45, 2.75) is 47.5 Å². The van der Waals surface area contributed by atoms with E-state index >= 15 is 0 Å². The van der Waals surface area contributed by atoms with E-state index in [-0.39, 0.29) is 0 Å². The van der Waals surface area contributed by atoms with Gasteiger partial charge in [-0.15, -0.1) is 0 Å². The lowest BCUT2D eigenvalue weighted by molar-refractivity contribution is -0.951. The molecule has 0 amide bonds. The summed E-state index contributed by atoms with van der Waals surface area (Å²) in [5.74, 6) is 0. The van der Waals surface area contributed by atoms with E-state index in [0.717, 1.165) is 5.41 Å². The van der Waals surface area contributed by atoms with Gasteiger partial charge in [0.1, 0.15) is 0 Å². The van der Waals surface area contributed by atoms with Crippen molar-refractivity contribution in [3.05, 3.63) is 0 Å². The van der Waals surface area contributed by atoms with E-state index in [1.54, 1.807) is 0 Å². The summed E-state index contributed by atoms with van der Waals surface area (Å²) >= 11 is 0. The minimum absolute atomic E-state index is 0.745. The normalized spacial score (nSPS) is 24.9. The van der Waals surface area contributed by atoms with Gasteiger partial charge in [-0.1, -0.05) is 34.6 Å². The Hall–Kier alpha value is -0.0800. The molecule has 2 heterocycles. The lowest BCUT2D eigenvalue weighted by Crippen LogP contribution is -2.67. The predicted octanol–water partition coefficient (Wildman–Crippen LogP) is 3.23. The quantitative estimate of drug-likeness (QED) is 0.639. The summed E-state index contributed by atoms with van der Waals surface area (Å²) in [6, 6.07) is 0. The van der Waals surface area contributed by atoms with E-state index in [1.165, 1.54) is 50.0 Å². The number of piperidine rings is 1. The third-order valence-electron chi connectivity index (χ3n) is 3.89. The molecule has 0 unspecified atom stereocenters. The Bertz CT molecular complexity index is 181. The molecule has 2 fully saturated rings. The molecular formula is C15H35N2+. The Kier molecular flexibility index (Phi) is 7.34. The summed E-state index contributed by atoms with van der Waals surface area (Å²) in [4.78, 5) is 2.59. The fourth-order valence-electron chi connectivity index (χ4n) is 3.43. The highest BCUT2D eigenvalue weighted by Crippen LogP contribution is 2.42. The van der Waals surface area contributed by atoms with Gasteiger partial charge in [-0.05, 0) is 32.5 Å². The zero-order chi connectivity index (χ0) is 13.5. The third-order valence-corrected chi connectivity index (χ3v) is 3.89. The third kappa shape index (κ3) is 4.59. The molecule has 0 saturated carbocycles. The van der Waals surface area contributed by atoms with E-state index in [4.69, 9.17) is 0 Å². The molecular weight excluding hydrogens is 208 g/mol. The molecule has 0 aromatic rings.